The maximum absolute atomic E-state index is 11.4. The van der Waals surface area contributed by atoms with E-state index < -0.39 is 15.1 Å². The van der Waals surface area contributed by atoms with E-state index in [0.717, 1.165) is 19.3 Å². The molecular formula is C10H17N3O4S. The molecule has 1 N–H and O–H groups in total. The Morgan fingerprint density at radius 2 is 2.33 bits per heavy atom. The van der Waals surface area contributed by atoms with E-state index in [2.05, 4.69) is 15.5 Å². The van der Waals surface area contributed by atoms with Crippen LogP contribution < -0.4 is 5.32 Å². The topological polar surface area (TPSA) is 94.3 Å². The molecule has 1 aromatic rings. The summed E-state index contributed by atoms with van der Waals surface area (Å²) in [6, 6.07) is 0. The summed E-state index contributed by atoms with van der Waals surface area (Å²) < 4.78 is 33.3. The first-order chi connectivity index (χ1) is 8.47. The number of nitrogens with one attached hydrogen (secondary N) is 1. The number of ether oxygens (including phenoxy) is 1. The molecule has 18 heavy (non-hydrogen) atoms. The zero-order chi connectivity index (χ0) is 13.2. The molecule has 2 atom stereocenters. The summed E-state index contributed by atoms with van der Waals surface area (Å²) in [5.74, 6) is 0.616. The van der Waals surface area contributed by atoms with Crippen LogP contribution in [-0.4, -0.2) is 50.6 Å². The third kappa shape index (κ3) is 3.27. The lowest BCUT2D eigenvalue weighted by molar-refractivity contribution is 0.0246. The fraction of sp³-hybridized carbons (Fsp3) is 0.800. The Morgan fingerprint density at radius 1 is 1.56 bits per heavy atom. The molecule has 1 aliphatic rings. The van der Waals surface area contributed by atoms with Crippen LogP contribution in [0.3, 0.4) is 0 Å². The number of nitrogens with zero attached hydrogens (tertiary/aromatic N) is 2. The van der Waals surface area contributed by atoms with Gasteiger partial charge in [-0.2, -0.15) is 4.98 Å². The summed E-state index contributed by atoms with van der Waals surface area (Å²) in [6.07, 6.45) is 1.65. The average molecular weight is 275 g/mol. The summed E-state index contributed by atoms with van der Waals surface area (Å²) in [5.41, 5.74) is 0. The van der Waals surface area contributed by atoms with Crippen molar-refractivity contribution in [1.29, 1.82) is 0 Å². The molecule has 0 amide bonds. The summed E-state index contributed by atoms with van der Waals surface area (Å²) in [6.45, 7) is 3.78. The largest absolute Gasteiger partial charge is 0.375 e. The maximum atomic E-state index is 11.4. The SMILES string of the molecule is CC(c1noc(CC2CNCCO2)n1)S(C)(=O)=O. The van der Waals surface area contributed by atoms with E-state index in [-0.39, 0.29) is 11.9 Å². The van der Waals surface area contributed by atoms with E-state index in [0.29, 0.717) is 18.9 Å². The van der Waals surface area contributed by atoms with Gasteiger partial charge < -0.3 is 14.6 Å². The summed E-state index contributed by atoms with van der Waals surface area (Å²) in [7, 11) is -3.20. The smallest absolute Gasteiger partial charge is 0.229 e. The van der Waals surface area contributed by atoms with Gasteiger partial charge in [0.15, 0.2) is 15.7 Å². The van der Waals surface area contributed by atoms with Crippen LogP contribution in [0.15, 0.2) is 4.52 Å². The number of rotatable bonds is 4. The molecule has 7 nitrogen and oxygen atoms in total. The van der Waals surface area contributed by atoms with Gasteiger partial charge in [0.05, 0.1) is 19.1 Å². The highest BCUT2D eigenvalue weighted by molar-refractivity contribution is 7.90. The highest BCUT2D eigenvalue weighted by Crippen LogP contribution is 2.18. The monoisotopic (exact) mass is 275 g/mol. The molecule has 102 valence electrons. The van der Waals surface area contributed by atoms with Gasteiger partial charge in [0.2, 0.25) is 5.89 Å². The minimum absolute atomic E-state index is 0.000546. The predicted molar refractivity (Wildman–Crippen MR) is 63.9 cm³/mol. The van der Waals surface area contributed by atoms with E-state index in [1.54, 1.807) is 6.92 Å². The van der Waals surface area contributed by atoms with E-state index >= 15 is 0 Å². The summed E-state index contributed by atoms with van der Waals surface area (Å²) in [4.78, 5) is 4.11. The second-order valence-electron chi connectivity index (χ2n) is 4.42. The molecule has 0 bridgehead atoms. The van der Waals surface area contributed by atoms with Crippen molar-refractivity contribution < 1.29 is 17.7 Å². The normalized spacial score (nSPS) is 22.9. The van der Waals surface area contributed by atoms with E-state index in [4.69, 9.17) is 9.26 Å². The van der Waals surface area contributed by atoms with Crippen LogP contribution in [0.1, 0.15) is 23.9 Å². The fourth-order valence-corrected chi connectivity index (χ4v) is 2.13. The van der Waals surface area contributed by atoms with Gasteiger partial charge in [0, 0.05) is 19.3 Å². The Hall–Kier alpha value is -0.990. The number of hydrogen-bond acceptors (Lipinski definition) is 7. The molecule has 2 heterocycles. The standard InChI is InChI=1S/C10H17N3O4S/c1-7(18(2,14)15)10-12-9(17-13-10)5-8-6-11-3-4-16-8/h7-8,11H,3-6H2,1-2H3. The highest BCUT2D eigenvalue weighted by Gasteiger charge is 2.24. The number of morpholine rings is 1. The van der Waals surface area contributed by atoms with Gasteiger partial charge in [-0.1, -0.05) is 5.16 Å². The Kier molecular flexibility index (Phi) is 3.98. The molecule has 0 radical (unpaired) electrons. The molecule has 2 rings (SSSR count). The Labute approximate surface area is 106 Å². The molecule has 1 fully saturated rings. The molecule has 1 aliphatic heterocycles. The van der Waals surface area contributed by atoms with Gasteiger partial charge in [-0.25, -0.2) is 8.42 Å². The van der Waals surface area contributed by atoms with Crippen LogP contribution in [0.5, 0.6) is 0 Å². The van der Waals surface area contributed by atoms with Crippen LogP contribution in [-0.2, 0) is 21.0 Å². The van der Waals surface area contributed by atoms with Gasteiger partial charge >= 0.3 is 0 Å². The zero-order valence-electron chi connectivity index (χ0n) is 10.4. The van der Waals surface area contributed by atoms with Crippen LogP contribution in [0.4, 0.5) is 0 Å². The number of sulfone groups is 1. The molecule has 8 heteroatoms. The lowest BCUT2D eigenvalue weighted by Gasteiger charge is -2.21. The third-order valence-electron chi connectivity index (χ3n) is 2.90. The van der Waals surface area contributed by atoms with Crippen molar-refractivity contribution in [3.63, 3.8) is 0 Å². The van der Waals surface area contributed by atoms with Crippen molar-refractivity contribution in [1.82, 2.24) is 15.5 Å². The first kappa shape index (κ1) is 13.4. The Balaban J connectivity index is 2.01. The van der Waals surface area contributed by atoms with Crippen molar-refractivity contribution in [2.45, 2.75) is 24.7 Å². The summed E-state index contributed by atoms with van der Waals surface area (Å²) >= 11 is 0. The molecule has 0 saturated carbocycles. The fourth-order valence-electron chi connectivity index (χ4n) is 1.65. The van der Waals surface area contributed by atoms with Crippen LogP contribution in [0, 0.1) is 0 Å². The van der Waals surface area contributed by atoms with Crippen molar-refractivity contribution in [2.75, 3.05) is 26.0 Å². The molecule has 2 unspecified atom stereocenters. The van der Waals surface area contributed by atoms with Crippen molar-refractivity contribution >= 4 is 9.84 Å². The summed E-state index contributed by atoms with van der Waals surface area (Å²) in [5, 5.41) is 6.16. The van der Waals surface area contributed by atoms with Crippen molar-refractivity contribution in [3.8, 4) is 0 Å². The second-order valence-corrected chi connectivity index (χ2v) is 6.79. The lowest BCUT2D eigenvalue weighted by Crippen LogP contribution is -2.39. The Morgan fingerprint density at radius 3 is 2.94 bits per heavy atom. The minimum atomic E-state index is -3.20. The zero-order valence-corrected chi connectivity index (χ0v) is 11.2. The van der Waals surface area contributed by atoms with Crippen molar-refractivity contribution in [3.05, 3.63) is 11.7 Å². The van der Waals surface area contributed by atoms with E-state index in [1.165, 1.54) is 0 Å². The molecular weight excluding hydrogens is 258 g/mol. The van der Waals surface area contributed by atoms with Gasteiger partial charge in [-0.15, -0.1) is 0 Å². The van der Waals surface area contributed by atoms with E-state index in [1.807, 2.05) is 0 Å². The average Bonchev–Trinajstić information content (AvgIpc) is 2.76. The first-order valence-electron chi connectivity index (χ1n) is 5.80. The quantitative estimate of drug-likeness (QED) is 0.806. The van der Waals surface area contributed by atoms with Gasteiger partial charge in [-0.05, 0) is 6.92 Å². The third-order valence-corrected chi connectivity index (χ3v) is 4.39. The van der Waals surface area contributed by atoms with Gasteiger partial charge in [0.25, 0.3) is 0 Å². The van der Waals surface area contributed by atoms with Crippen LogP contribution in [0.25, 0.3) is 0 Å². The van der Waals surface area contributed by atoms with Crippen LogP contribution >= 0.6 is 0 Å². The number of hydrogen-bond donors (Lipinski definition) is 1. The number of aromatic nitrogens is 2. The molecule has 0 spiro atoms. The molecule has 0 aromatic carbocycles. The van der Waals surface area contributed by atoms with Crippen LogP contribution in [0.2, 0.25) is 0 Å². The Bertz CT molecular complexity index is 493. The van der Waals surface area contributed by atoms with Gasteiger partial charge in [-0.3, -0.25) is 0 Å². The maximum Gasteiger partial charge on any atom is 0.229 e. The minimum Gasteiger partial charge on any atom is -0.375 e. The first-order valence-corrected chi connectivity index (χ1v) is 7.76. The van der Waals surface area contributed by atoms with Gasteiger partial charge in [0.1, 0.15) is 5.25 Å². The van der Waals surface area contributed by atoms with E-state index in [9.17, 15) is 8.42 Å². The predicted octanol–water partition coefficient (Wildman–Crippen LogP) is -0.294. The second kappa shape index (κ2) is 5.33. The lowest BCUT2D eigenvalue weighted by atomic mass is 10.2. The molecule has 1 aromatic heterocycles. The highest BCUT2D eigenvalue weighted by atomic mass is 32.2. The molecule has 1 saturated heterocycles. The molecule has 0 aliphatic carbocycles. The van der Waals surface area contributed by atoms with Crippen molar-refractivity contribution in [2.24, 2.45) is 0 Å².